The third-order valence-corrected chi connectivity index (χ3v) is 6.29. The minimum Gasteiger partial charge on any atom is -0.345 e. The second-order valence-electron chi connectivity index (χ2n) is 8.12. The van der Waals surface area contributed by atoms with E-state index in [-0.39, 0.29) is 6.03 Å². The van der Waals surface area contributed by atoms with E-state index in [9.17, 15) is 4.79 Å². The van der Waals surface area contributed by atoms with Gasteiger partial charge in [0.2, 0.25) is 0 Å². The number of urea groups is 1. The maximum absolute atomic E-state index is 12.7. The first kappa shape index (κ1) is 18.2. The molecular weight excluding hydrogens is 362 g/mol. The van der Waals surface area contributed by atoms with Gasteiger partial charge in [0.15, 0.2) is 0 Å². The van der Waals surface area contributed by atoms with Gasteiger partial charge in [-0.15, -0.1) is 0 Å². The number of aromatic amines is 1. The largest absolute Gasteiger partial charge is 0.345 e. The molecular formula is C23H27N5O. The summed E-state index contributed by atoms with van der Waals surface area (Å²) in [6.45, 7) is 4.16. The summed E-state index contributed by atoms with van der Waals surface area (Å²) in [5, 5.41) is 3.09. The minimum absolute atomic E-state index is 0.0336. The van der Waals surface area contributed by atoms with E-state index in [1.165, 1.54) is 11.1 Å². The monoisotopic (exact) mass is 389 g/mol. The normalized spacial score (nSPS) is 18.0. The Morgan fingerprint density at radius 2 is 1.90 bits per heavy atom. The molecule has 1 saturated heterocycles. The summed E-state index contributed by atoms with van der Waals surface area (Å²) >= 11 is 0. The topological polar surface area (TPSA) is 64.3 Å². The Kier molecular flexibility index (Phi) is 4.94. The lowest BCUT2D eigenvalue weighted by Crippen LogP contribution is -2.43. The first-order valence-electron chi connectivity index (χ1n) is 10.5. The van der Waals surface area contributed by atoms with Crippen molar-refractivity contribution in [3.63, 3.8) is 0 Å². The standard InChI is InChI=1S/C23H27N5O/c29-23(24-15-17-6-7-21-22(12-17)26-16-25-21)28-9-3-8-27(10-11-28)20-13-18-4-1-2-5-19(18)14-20/h1-2,4-7,12,16,20H,3,8-11,13-15H2,(H,24,29)(H,25,26). The fourth-order valence-corrected chi connectivity index (χ4v) is 4.68. The highest BCUT2D eigenvalue weighted by Crippen LogP contribution is 2.26. The van der Waals surface area contributed by atoms with Crippen molar-refractivity contribution in [3.8, 4) is 0 Å². The van der Waals surface area contributed by atoms with Crippen LogP contribution in [0.5, 0.6) is 0 Å². The average molecular weight is 390 g/mol. The number of fused-ring (bicyclic) bond motifs is 2. The number of nitrogens with one attached hydrogen (secondary N) is 2. The molecule has 0 atom stereocenters. The summed E-state index contributed by atoms with van der Waals surface area (Å²) in [5.74, 6) is 0. The molecule has 0 radical (unpaired) electrons. The third kappa shape index (κ3) is 3.85. The van der Waals surface area contributed by atoms with Crippen molar-refractivity contribution in [2.24, 2.45) is 0 Å². The number of carbonyl (C=O) groups excluding carboxylic acids is 1. The number of nitrogens with zero attached hydrogens (tertiary/aromatic N) is 3. The van der Waals surface area contributed by atoms with Crippen molar-refractivity contribution in [1.82, 2.24) is 25.1 Å². The zero-order valence-electron chi connectivity index (χ0n) is 16.6. The molecule has 0 saturated carbocycles. The molecule has 6 heteroatoms. The van der Waals surface area contributed by atoms with Crippen LogP contribution in [0.3, 0.4) is 0 Å². The van der Waals surface area contributed by atoms with Crippen molar-refractivity contribution in [2.45, 2.75) is 31.8 Å². The maximum Gasteiger partial charge on any atom is 0.317 e. The molecule has 150 valence electrons. The number of rotatable bonds is 3. The molecule has 2 amide bonds. The Balaban J connectivity index is 1.15. The van der Waals surface area contributed by atoms with Crippen molar-refractivity contribution in [3.05, 3.63) is 65.5 Å². The van der Waals surface area contributed by atoms with Crippen LogP contribution in [0.25, 0.3) is 11.0 Å². The summed E-state index contributed by atoms with van der Waals surface area (Å²) < 4.78 is 0. The second-order valence-corrected chi connectivity index (χ2v) is 8.12. The summed E-state index contributed by atoms with van der Waals surface area (Å²) in [7, 11) is 0. The molecule has 1 aliphatic heterocycles. The van der Waals surface area contributed by atoms with Crippen LogP contribution in [0.15, 0.2) is 48.8 Å². The van der Waals surface area contributed by atoms with E-state index in [0.717, 1.165) is 62.0 Å². The highest BCUT2D eigenvalue weighted by atomic mass is 16.2. The third-order valence-electron chi connectivity index (χ3n) is 6.29. The predicted octanol–water partition coefficient (Wildman–Crippen LogP) is 2.95. The summed E-state index contributed by atoms with van der Waals surface area (Å²) in [4.78, 5) is 24.6. The molecule has 0 spiro atoms. The molecule has 2 N–H and O–H groups in total. The smallest absolute Gasteiger partial charge is 0.317 e. The van der Waals surface area contributed by atoms with E-state index in [1.807, 2.05) is 23.1 Å². The fraction of sp³-hybridized carbons (Fsp3) is 0.391. The lowest BCUT2D eigenvalue weighted by Gasteiger charge is -2.27. The van der Waals surface area contributed by atoms with E-state index >= 15 is 0 Å². The Labute approximate surface area is 170 Å². The van der Waals surface area contributed by atoms with Gasteiger partial charge in [0.25, 0.3) is 0 Å². The van der Waals surface area contributed by atoms with Crippen LogP contribution < -0.4 is 5.32 Å². The minimum atomic E-state index is 0.0336. The van der Waals surface area contributed by atoms with Crippen LogP contribution in [0.2, 0.25) is 0 Å². The van der Waals surface area contributed by atoms with Crippen LogP contribution in [0, 0.1) is 0 Å². The number of benzene rings is 2. The molecule has 2 aliphatic rings. The molecule has 1 fully saturated rings. The van der Waals surface area contributed by atoms with Gasteiger partial charge in [-0.2, -0.15) is 0 Å². The number of amides is 2. The number of H-pyrrole nitrogens is 1. The van der Waals surface area contributed by atoms with Crippen molar-refractivity contribution < 1.29 is 4.79 Å². The molecule has 6 nitrogen and oxygen atoms in total. The van der Waals surface area contributed by atoms with Gasteiger partial charge in [0.1, 0.15) is 0 Å². The molecule has 0 unspecified atom stereocenters. The van der Waals surface area contributed by atoms with Gasteiger partial charge in [-0.3, -0.25) is 4.90 Å². The number of hydrogen-bond donors (Lipinski definition) is 2. The van der Waals surface area contributed by atoms with E-state index in [0.29, 0.717) is 12.6 Å². The van der Waals surface area contributed by atoms with Crippen molar-refractivity contribution in [2.75, 3.05) is 26.2 Å². The first-order valence-corrected chi connectivity index (χ1v) is 10.5. The van der Waals surface area contributed by atoms with Crippen molar-refractivity contribution in [1.29, 1.82) is 0 Å². The molecule has 3 aromatic rings. The SMILES string of the molecule is O=C(NCc1ccc2nc[nH]c2c1)N1CCCN(C2Cc3ccccc3C2)CC1. The Bertz CT molecular complexity index is 988. The zero-order valence-corrected chi connectivity index (χ0v) is 16.6. The Hall–Kier alpha value is -2.86. The number of hydrogen-bond acceptors (Lipinski definition) is 3. The molecule has 5 rings (SSSR count). The van der Waals surface area contributed by atoms with Gasteiger partial charge in [-0.25, -0.2) is 9.78 Å². The molecule has 1 aromatic heterocycles. The summed E-state index contributed by atoms with van der Waals surface area (Å²) in [6, 6.07) is 15.5. The van der Waals surface area contributed by atoms with E-state index in [1.54, 1.807) is 6.33 Å². The van der Waals surface area contributed by atoms with Gasteiger partial charge in [0.05, 0.1) is 17.4 Å². The summed E-state index contributed by atoms with van der Waals surface area (Å²) in [5.41, 5.74) is 6.01. The second kappa shape index (κ2) is 7.87. The van der Waals surface area contributed by atoms with Gasteiger partial charge >= 0.3 is 6.03 Å². The van der Waals surface area contributed by atoms with Crippen LogP contribution in [-0.4, -0.2) is 58.0 Å². The van der Waals surface area contributed by atoms with Crippen molar-refractivity contribution >= 4 is 17.1 Å². The van der Waals surface area contributed by atoms with E-state index < -0.39 is 0 Å². The number of aromatic nitrogens is 2. The molecule has 0 bridgehead atoms. The lowest BCUT2D eigenvalue weighted by atomic mass is 10.1. The lowest BCUT2D eigenvalue weighted by molar-refractivity contribution is 0.188. The highest BCUT2D eigenvalue weighted by Gasteiger charge is 2.28. The molecule has 2 aromatic carbocycles. The van der Waals surface area contributed by atoms with Crippen LogP contribution >= 0.6 is 0 Å². The number of imidazole rings is 1. The van der Waals surface area contributed by atoms with Crippen LogP contribution in [0.4, 0.5) is 4.79 Å². The molecule has 2 heterocycles. The Morgan fingerprint density at radius 1 is 1.07 bits per heavy atom. The maximum atomic E-state index is 12.7. The van der Waals surface area contributed by atoms with Gasteiger partial charge < -0.3 is 15.2 Å². The van der Waals surface area contributed by atoms with E-state index in [4.69, 9.17) is 0 Å². The van der Waals surface area contributed by atoms with Gasteiger partial charge in [-0.1, -0.05) is 30.3 Å². The highest BCUT2D eigenvalue weighted by molar-refractivity contribution is 5.76. The summed E-state index contributed by atoms with van der Waals surface area (Å²) in [6.07, 6.45) is 5.00. The Morgan fingerprint density at radius 3 is 2.72 bits per heavy atom. The van der Waals surface area contributed by atoms with Crippen LogP contribution in [-0.2, 0) is 19.4 Å². The van der Waals surface area contributed by atoms with E-state index in [2.05, 4.69) is 44.5 Å². The quantitative estimate of drug-likeness (QED) is 0.724. The average Bonchev–Trinajstić information content (AvgIpc) is 3.31. The predicted molar refractivity (Wildman–Crippen MR) is 114 cm³/mol. The first-order chi connectivity index (χ1) is 14.3. The van der Waals surface area contributed by atoms with Gasteiger partial charge in [-0.05, 0) is 48.1 Å². The van der Waals surface area contributed by atoms with Crippen LogP contribution in [0.1, 0.15) is 23.1 Å². The molecule has 29 heavy (non-hydrogen) atoms. The fourth-order valence-electron chi connectivity index (χ4n) is 4.68. The molecule has 1 aliphatic carbocycles. The zero-order chi connectivity index (χ0) is 19.6. The number of carbonyl (C=O) groups is 1. The van der Waals surface area contributed by atoms with Gasteiger partial charge in [0, 0.05) is 38.8 Å².